The van der Waals surface area contributed by atoms with Gasteiger partial charge in [-0.1, -0.05) is 30.3 Å². The number of carbonyl (C=O) groups excluding carboxylic acids is 2. The lowest BCUT2D eigenvalue weighted by Crippen LogP contribution is -2.51. The van der Waals surface area contributed by atoms with E-state index in [1.807, 2.05) is 30.3 Å². The highest BCUT2D eigenvalue weighted by Crippen LogP contribution is 2.27. The Morgan fingerprint density at radius 3 is 2.44 bits per heavy atom. The summed E-state index contributed by atoms with van der Waals surface area (Å²) in [6.07, 6.45) is 0.410. The molecular weight excluding hydrogens is 348 g/mol. The number of nitrogens with one attached hydrogen (secondary N) is 1. The minimum Gasteiger partial charge on any atom is -0.480 e. The molecule has 1 saturated heterocycles. The molecule has 0 aliphatic carbocycles. The average molecular weight is 376 g/mol. The average Bonchev–Trinajstić information content (AvgIpc) is 2.97. The van der Waals surface area contributed by atoms with Crippen molar-refractivity contribution >= 4 is 18.0 Å². The molecule has 0 saturated carbocycles. The van der Waals surface area contributed by atoms with Crippen molar-refractivity contribution in [1.29, 1.82) is 0 Å². The molecular formula is C20H28N2O5. The van der Waals surface area contributed by atoms with Crippen LogP contribution in [0.15, 0.2) is 30.3 Å². The summed E-state index contributed by atoms with van der Waals surface area (Å²) in [6, 6.07) is 8.05. The van der Waals surface area contributed by atoms with E-state index in [0.717, 1.165) is 5.56 Å². The van der Waals surface area contributed by atoms with Gasteiger partial charge in [-0.2, -0.15) is 0 Å². The Balaban J connectivity index is 2.02. The van der Waals surface area contributed by atoms with Gasteiger partial charge in [0.2, 0.25) is 5.91 Å². The molecule has 1 aromatic rings. The van der Waals surface area contributed by atoms with E-state index >= 15 is 0 Å². The molecule has 1 fully saturated rings. The van der Waals surface area contributed by atoms with E-state index < -0.39 is 35.7 Å². The van der Waals surface area contributed by atoms with E-state index in [0.29, 0.717) is 19.4 Å². The molecule has 3 atom stereocenters. The van der Waals surface area contributed by atoms with E-state index in [1.54, 1.807) is 20.8 Å². The van der Waals surface area contributed by atoms with Gasteiger partial charge in [0.15, 0.2) is 0 Å². The summed E-state index contributed by atoms with van der Waals surface area (Å²) in [5.41, 5.74) is 0.436. The first kappa shape index (κ1) is 20.7. The maximum absolute atomic E-state index is 12.8. The number of aliphatic carboxylic acids is 1. The largest absolute Gasteiger partial charge is 0.480 e. The number of carboxylic acid groups (broad SMARTS) is 1. The van der Waals surface area contributed by atoms with Gasteiger partial charge in [0.25, 0.3) is 0 Å². The topological polar surface area (TPSA) is 95.9 Å². The fourth-order valence-electron chi connectivity index (χ4n) is 3.29. The third kappa shape index (κ3) is 5.98. The van der Waals surface area contributed by atoms with Crippen LogP contribution in [0.5, 0.6) is 0 Å². The van der Waals surface area contributed by atoms with Crippen LogP contribution >= 0.6 is 0 Å². The molecule has 0 bridgehead atoms. The van der Waals surface area contributed by atoms with Gasteiger partial charge >= 0.3 is 12.1 Å². The van der Waals surface area contributed by atoms with Crippen LogP contribution in [0.4, 0.5) is 4.79 Å². The molecule has 27 heavy (non-hydrogen) atoms. The van der Waals surface area contributed by atoms with Gasteiger partial charge in [0.05, 0.1) is 0 Å². The number of hydrogen-bond donors (Lipinski definition) is 2. The quantitative estimate of drug-likeness (QED) is 0.823. The number of nitrogens with zero attached hydrogens (tertiary/aromatic N) is 1. The van der Waals surface area contributed by atoms with Crippen molar-refractivity contribution in [3.63, 3.8) is 0 Å². The monoisotopic (exact) mass is 376 g/mol. The van der Waals surface area contributed by atoms with Crippen LogP contribution < -0.4 is 5.32 Å². The molecule has 148 valence electrons. The van der Waals surface area contributed by atoms with Crippen LogP contribution in [0.3, 0.4) is 0 Å². The molecule has 0 aromatic heterocycles. The molecule has 0 unspecified atom stereocenters. The predicted molar refractivity (Wildman–Crippen MR) is 100 cm³/mol. The van der Waals surface area contributed by atoms with E-state index in [2.05, 4.69) is 5.32 Å². The Morgan fingerprint density at radius 2 is 1.89 bits per heavy atom. The van der Waals surface area contributed by atoms with Crippen molar-refractivity contribution in [2.24, 2.45) is 5.92 Å². The Bertz CT molecular complexity index is 683. The van der Waals surface area contributed by atoms with Crippen LogP contribution in [0.1, 0.15) is 39.7 Å². The number of rotatable bonds is 5. The van der Waals surface area contributed by atoms with Crippen molar-refractivity contribution < 1.29 is 24.2 Å². The van der Waals surface area contributed by atoms with Crippen molar-refractivity contribution in [3.8, 4) is 0 Å². The molecule has 0 radical (unpaired) electrons. The highest BCUT2D eigenvalue weighted by molar-refractivity contribution is 5.89. The molecule has 2 rings (SSSR count). The second-order valence-electron chi connectivity index (χ2n) is 8.00. The fourth-order valence-corrected chi connectivity index (χ4v) is 3.29. The van der Waals surface area contributed by atoms with Crippen molar-refractivity contribution in [1.82, 2.24) is 10.2 Å². The Labute approximate surface area is 159 Å². The van der Waals surface area contributed by atoms with E-state index in [1.165, 1.54) is 11.8 Å². The summed E-state index contributed by atoms with van der Waals surface area (Å²) in [5.74, 6) is -1.38. The summed E-state index contributed by atoms with van der Waals surface area (Å²) in [4.78, 5) is 37.6. The van der Waals surface area contributed by atoms with Gasteiger partial charge in [-0.05, 0) is 52.0 Å². The van der Waals surface area contributed by atoms with E-state index in [-0.39, 0.29) is 5.92 Å². The lowest BCUT2D eigenvalue weighted by Gasteiger charge is -2.26. The first-order valence-corrected chi connectivity index (χ1v) is 9.13. The van der Waals surface area contributed by atoms with Gasteiger partial charge < -0.3 is 20.1 Å². The number of likely N-dealkylation sites (tertiary alicyclic amines) is 1. The Kier molecular flexibility index (Phi) is 6.46. The minimum atomic E-state index is -1.02. The smallest absolute Gasteiger partial charge is 0.408 e. The minimum absolute atomic E-state index is 0.0613. The second-order valence-corrected chi connectivity index (χ2v) is 8.00. The number of alkyl carbamates (subject to hydrolysis) is 1. The van der Waals surface area contributed by atoms with Crippen LogP contribution in [-0.4, -0.2) is 52.2 Å². The third-order valence-corrected chi connectivity index (χ3v) is 4.43. The molecule has 0 spiro atoms. The number of benzene rings is 1. The standard InChI is InChI=1S/C20H28N2O5/c1-13(21-19(26)27-20(2,3)4)17(23)22-12-15(11-16(22)18(24)25)10-14-8-6-5-7-9-14/h5-9,13,15-16H,10-12H2,1-4H3,(H,21,26)(H,24,25)/t13-,15-,16-/m0/s1. The summed E-state index contributed by atoms with van der Waals surface area (Å²) >= 11 is 0. The SMILES string of the molecule is C[C@H](NC(=O)OC(C)(C)C)C(=O)N1C[C@@H](Cc2ccccc2)C[C@H]1C(=O)O. The second kappa shape index (κ2) is 8.41. The number of carboxylic acids is 1. The number of amides is 2. The molecule has 1 aliphatic heterocycles. The summed E-state index contributed by atoms with van der Waals surface area (Å²) < 4.78 is 5.16. The van der Waals surface area contributed by atoms with Crippen LogP contribution in [-0.2, 0) is 20.7 Å². The molecule has 7 heteroatoms. The summed E-state index contributed by atoms with van der Waals surface area (Å²) in [5, 5.41) is 12.0. The predicted octanol–water partition coefficient (Wildman–Crippen LogP) is 2.44. The molecule has 1 aliphatic rings. The van der Waals surface area contributed by atoms with Gasteiger partial charge in [-0.25, -0.2) is 9.59 Å². The highest BCUT2D eigenvalue weighted by Gasteiger charge is 2.41. The first-order valence-electron chi connectivity index (χ1n) is 9.13. The van der Waals surface area contributed by atoms with Crippen LogP contribution in [0.25, 0.3) is 0 Å². The zero-order chi connectivity index (χ0) is 20.2. The van der Waals surface area contributed by atoms with Crippen molar-refractivity contribution in [2.45, 2.75) is 58.2 Å². The normalized spacial score (nSPS) is 20.8. The molecule has 2 amide bonds. The van der Waals surface area contributed by atoms with Crippen LogP contribution in [0.2, 0.25) is 0 Å². The van der Waals surface area contributed by atoms with Crippen molar-refractivity contribution in [2.75, 3.05) is 6.54 Å². The maximum Gasteiger partial charge on any atom is 0.408 e. The van der Waals surface area contributed by atoms with Crippen LogP contribution in [0, 0.1) is 5.92 Å². The zero-order valence-corrected chi connectivity index (χ0v) is 16.3. The number of hydrogen-bond acceptors (Lipinski definition) is 4. The molecule has 2 N–H and O–H groups in total. The first-order chi connectivity index (χ1) is 12.6. The van der Waals surface area contributed by atoms with Gasteiger partial charge in [0, 0.05) is 6.54 Å². The van der Waals surface area contributed by atoms with Crippen molar-refractivity contribution in [3.05, 3.63) is 35.9 Å². The number of ether oxygens (including phenoxy) is 1. The number of carbonyl (C=O) groups is 3. The van der Waals surface area contributed by atoms with Gasteiger partial charge in [0.1, 0.15) is 17.7 Å². The lowest BCUT2D eigenvalue weighted by molar-refractivity contribution is -0.148. The highest BCUT2D eigenvalue weighted by atomic mass is 16.6. The lowest BCUT2D eigenvalue weighted by atomic mass is 9.97. The Morgan fingerprint density at radius 1 is 1.26 bits per heavy atom. The fraction of sp³-hybridized carbons (Fsp3) is 0.550. The maximum atomic E-state index is 12.8. The molecule has 1 aromatic carbocycles. The summed E-state index contributed by atoms with van der Waals surface area (Å²) in [6.45, 7) is 7.08. The third-order valence-electron chi connectivity index (χ3n) is 4.43. The van der Waals surface area contributed by atoms with Gasteiger partial charge in [-0.15, -0.1) is 0 Å². The molecule has 1 heterocycles. The van der Waals surface area contributed by atoms with Gasteiger partial charge in [-0.3, -0.25) is 4.79 Å². The zero-order valence-electron chi connectivity index (χ0n) is 16.3. The summed E-state index contributed by atoms with van der Waals surface area (Å²) in [7, 11) is 0. The van der Waals surface area contributed by atoms with E-state index in [9.17, 15) is 19.5 Å². The molecule has 7 nitrogen and oxygen atoms in total. The van der Waals surface area contributed by atoms with E-state index in [4.69, 9.17) is 4.74 Å². The Hall–Kier alpha value is -2.57.